The fraction of sp³-hybridized carbons (Fsp3) is 0.236. The number of rotatable bonds is 7. The van der Waals surface area contributed by atoms with Gasteiger partial charge < -0.3 is 19.1 Å². The molecule has 0 radical (unpaired) electrons. The Morgan fingerprint density at radius 2 is 1.30 bits per heavy atom. The summed E-state index contributed by atoms with van der Waals surface area (Å²) in [6.07, 6.45) is 1.93. The molecule has 6 aromatic carbocycles. The molecule has 0 amide bonds. The normalized spacial score (nSPS) is 13.0. The molecule has 1 aliphatic heterocycles. The van der Waals surface area contributed by atoms with Crippen molar-refractivity contribution in [2.24, 2.45) is 0 Å². The zero-order valence-corrected chi connectivity index (χ0v) is 39.1. The van der Waals surface area contributed by atoms with E-state index in [1.54, 1.807) is 0 Å². The fourth-order valence-electron chi connectivity index (χ4n) is 8.55. The van der Waals surface area contributed by atoms with Crippen molar-refractivity contribution < 1.29 is 25.8 Å². The maximum Gasteiger partial charge on any atom is 0.136 e. The van der Waals surface area contributed by atoms with Crippen LogP contribution in [0.15, 0.2) is 128 Å². The molecule has 0 bridgehead atoms. The van der Waals surface area contributed by atoms with Crippen molar-refractivity contribution in [2.75, 3.05) is 9.80 Å². The third kappa shape index (κ3) is 7.90. The van der Waals surface area contributed by atoms with Gasteiger partial charge in [-0.3, -0.25) is 0 Å². The molecular formula is C55H53N4OPt-3. The molecule has 0 fully saturated rings. The van der Waals surface area contributed by atoms with E-state index in [9.17, 15) is 0 Å². The van der Waals surface area contributed by atoms with Crippen molar-refractivity contribution in [3.63, 3.8) is 0 Å². The average Bonchev–Trinajstić information content (AvgIpc) is 3.76. The minimum Gasteiger partial charge on any atom is -0.509 e. The fourth-order valence-corrected chi connectivity index (χ4v) is 8.55. The molecule has 0 saturated heterocycles. The molecule has 3 heterocycles. The van der Waals surface area contributed by atoms with Crippen LogP contribution in [0.4, 0.5) is 22.7 Å². The van der Waals surface area contributed by atoms with Gasteiger partial charge in [-0.15, -0.1) is 48.1 Å². The number of para-hydroxylation sites is 2. The van der Waals surface area contributed by atoms with Crippen LogP contribution in [0, 0.1) is 32.6 Å². The molecule has 61 heavy (non-hydrogen) atoms. The van der Waals surface area contributed by atoms with E-state index in [0.717, 1.165) is 55.9 Å². The Morgan fingerprint density at radius 3 is 2.00 bits per heavy atom. The standard InChI is InChI=1S/C55H53N4O.Pt/c1-35(2)39-27-36(3)53(37(4)28-39)38-25-26-56-52(29-38)59-50-31-41(55(8,9)10)21-23-46(50)47-24-22-45(33-51(47)59)60-44-18-14-17-43(32-44)58-34-57(48-19-11-12-20-49(48)58)42-16-13-15-40(30-42)54(5,6)7;/h11-31,34-35H,1-10H3;/q-3;. The smallest absolute Gasteiger partial charge is 0.136 e. The first kappa shape index (κ1) is 42.1. The maximum absolute atomic E-state index is 6.66. The predicted molar refractivity (Wildman–Crippen MR) is 251 cm³/mol. The van der Waals surface area contributed by atoms with Crippen LogP contribution in [0.25, 0.3) is 38.8 Å². The number of fused-ring (bicyclic) bond motifs is 4. The average molecular weight is 981 g/mol. The second-order valence-electron chi connectivity index (χ2n) is 18.6. The Balaban J connectivity index is 0.00000514. The van der Waals surface area contributed by atoms with Gasteiger partial charge in [0, 0.05) is 61.3 Å². The Bertz CT molecular complexity index is 2910. The van der Waals surface area contributed by atoms with Crippen LogP contribution in [0.5, 0.6) is 11.5 Å². The molecule has 312 valence electrons. The quantitative estimate of drug-likeness (QED) is 0.149. The molecule has 5 nitrogen and oxygen atoms in total. The van der Waals surface area contributed by atoms with Gasteiger partial charge in [-0.2, -0.15) is 12.1 Å². The Hall–Kier alpha value is -5.64. The number of aromatic nitrogens is 2. The van der Waals surface area contributed by atoms with Crippen molar-refractivity contribution in [2.45, 2.75) is 86.0 Å². The summed E-state index contributed by atoms with van der Waals surface area (Å²) in [6, 6.07) is 50.6. The molecular weight excluding hydrogens is 928 g/mol. The molecule has 9 rings (SSSR count). The summed E-state index contributed by atoms with van der Waals surface area (Å²) >= 11 is 0. The monoisotopic (exact) mass is 980 g/mol. The van der Waals surface area contributed by atoms with E-state index >= 15 is 0 Å². The third-order valence-electron chi connectivity index (χ3n) is 11.9. The van der Waals surface area contributed by atoms with Crippen LogP contribution in [0.3, 0.4) is 0 Å². The first-order valence-electron chi connectivity index (χ1n) is 21.1. The molecule has 0 spiro atoms. The zero-order chi connectivity index (χ0) is 42.1. The van der Waals surface area contributed by atoms with Gasteiger partial charge in [-0.1, -0.05) is 109 Å². The van der Waals surface area contributed by atoms with E-state index < -0.39 is 0 Å². The minimum absolute atomic E-state index is 0. The van der Waals surface area contributed by atoms with E-state index in [4.69, 9.17) is 9.72 Å². The van der Waals surface area contributed by atoms with E-state index in [-0.39, 0.29) is 31.9 Å². The van der Waals surface area contributed by atoms with Crippen LogP contribution >= 0.6 is 0 Å². The molecule has 2 aromatic heterocycles. The number of hydrogen-bond acceptors (Lipinski definition) is 4. The first-order valence-corrected chi connectivity index (χ1v) is 21.1. The number of anilines is 4. The van der Waals surface area contributed by atoms with Crippen LogP contribution in [0.2, 0.25) is 0 Å². The van der Waals surface area contributed by atoms with Gasteiger partial charge >= 0.3 is 0 Å². The summed E-state index contributed by atoms with van der Waals surface area (Å²) in [5, 5.41) is 2.24. The van der Waals surface area contributed by atoms with Gasteiger partial charge in [0.25, 0.3) is 0 Å². The van der Waals surface area contributed by atoms with E-state index in [1.165, 1.54) is 33.4 Å². The molecule has 0 saturated carbocycles. The predicted octanol–water partition coefficient (Wildman–Crippen LogP) is 15.0. The molecule has 0 N–H and O–H groups in total. The Kier molecular flexibility index (Phi) is 11.0. The largest absolute Gasteiger partial charge is 0.509 e. The van der Waals surface area contributed by atoms with Gasteiger partial charge in [-0.05, 0) is 117 Å². The number of hydrogen-bond donors (Lipinski definition) is 0. The van der Waals surface area contributed by atoms with Crippen LogP contribution in [0.1, 0.15) is 89.1 Å². The van der Waals surface area contributed by atoms with E-state index in [2.05, 4.69) is 206 Å². The number of benzene rings is 6. The van der Waals surface area contributed by atoms with Crippen LogP contribution < -0.4 is 14.5 Å². The van der Waals surface area contributed by atoms with Crippen molar-refractivity contribution >= 4 is 44.6 Å². The van der Waals surface area contributed by atoms with Crippen LogP contribution in [-0.2, 0) is 31.9 Å². The molecule has 1 aliphatic rings. The van der Waals surface area contributed by atoms with Gasteiger partial charge in [0.05, 0.1) is 0 Å². The number of ether oxygens (including phenoxy) is 1. The first-order chi connectivity index (χ1) is 28.6. The van der Waals surface area contributed by atoms with Crippen molar-refractivity contribution in [1.82, 2.24) is 9.55 Å². The second kappa shape index (κ2) is 16.0. The summed E-state index contributed by atoms with van der Waals surface area (Å²) in [5.74, 6) is 2.52. The number of pyridine rings is 1. The van der Waals surface area contributed by atoms with Crippen LogP contribution in [-0.4, -0.2) is 9.55 Å². The summed E-state index contributed by atoms with van der Waals surface area (Å²) in [7, 11) is 0. The minimum atomic E-state index is -0.0310. The number of aryl methyl sites for hydroxylation is 2. The van der Waals surface area contributed by atoms with Crippen molar-refractivity contribution in [3.8, 4) is 28.4 Å². The van der Waals surface area contributed by atoms with E-state index in [0.29, 0.717) is 17.4 Å². The summed E-state index contributed by atoms with van der Waals surface area (Å²) in [6.45, 7) is 24.6. The molecule has 0 unspecified atom stereocenters. The van der Waals surface area contributed by atoms with Crippen molar-refractivity contribution in [3.05, 3.63) is 174 Å². The zero-order valence-electron chi connectivity index (χ0n) is 36.8. The SMILES string of the molecule is Cc1cc(C(C)C)cc(C)c1-c1ccnc(-n2c3[c-]c(Oc4[c-]c(N5[CH-]N(c6cccc(C(C)(C)C)c6)c6ccccc65)ccc4)ccc3c3ccc(C(C)(C)C)cc32)c1.[Pt]. The summed E-state index contributed by atoms with van der Waals surface area (Å²) < 4.78 is 8.91. The molecule has 0 aliphatic carbocycles. The van der Waals surface area contributed by atoms with Crippen molar-refractivity contribution in [1.29, 1.82) is 0 Å². The number of nitrogens with zero attached hydrogens (tertiary/aromatic N) is 4. The topological polar surface area (TPSA) is 33.5 Å². The molecule has 6 heteroatoms. The maximum atomic E-state index is 6.66. The third-order valence-corrected chi connectivity index (χ3v) is 11.9. The van der Waals surface area contributed by atoms with Gasteiger partial charge in [0.15, 0.2) is 0 Å². The second-order valence-corrected chi connectivity index (χ2v) is 18.6. The molecule has 0 atom stereocenters. The molecule has 8 aromatic rings. The Morgan fingerprint density at radius 1 is 0.639 bits per heavy atom. The summed E-state index contributed by atoms with van der Waals surface area (Å²) in [5.41, 5.74) is 15.0. The van der Waals surface area contributed by atoms with Gasteiger partial charge in [-0.25, -0.2) is 4.98 Å². The van der Waals surface area contributed by atoms with E-state index in [1.807, 2.05) is 24.4 Å². The van der Waals surface area contributed by atoms with Gasteiger partial charge in [0.2, 0.25) is 0 Å². The Labute approximate surface area is 376 Å². The summed E-state index contributed by atoms with van der Waals surface area (Å²) in [4.78, 5) is 9.46. The van der Waals surface area contributed by atoms with Gasteiger partial charge in [0.1, 0.15) is 5.82 Å².